The van der Waals surface area contributed by atoms with Gasteiger partial charge in [-0.15, -0.1) is 0 Å². The van der Waals surface area contributed by atoms with Crippen LogP contribution in [0.5, 0.6) is 10.9 Å². The minimum absolute atomic E-state index is 0.0478. The first kappa shape index (κ1) is 32.2. The van der Waals surface area contributed by atoms with E-state index in [2.05, 4.69) is 10.3 Å². The first-order chi connectivity index (χ1) is 20.5. The van der Waals surface area contributed by atoms with Gasteiger partial charge in [-0.05, 0) is 61.8 Å². The van der Waals surface area contributed by atoms with Crippen molar-refractivity contribution in [1.29, 1.82) is 0 Å². The highest BCUT2D eigenvalue weighted by atomic mass is 32.1. The second-order valence-electron chi connectivity index (χ2n) is 11.8. The summed E-state index contributed by atoms with van der Waals surface area (Å²) in [6, 6.07) is 6.63. The summed E-state index contributed by atoms with van der Waals surface area (Å²) in [4.78, 5) is 31.5. The molecular weight excluding hydrogens is 552 g/mol. The second-order valence-corrected chi connectivity index (χ2v) is 12.8. The lowest BCUT2D eigenvalue weighted by molar-refractivity contribution is 0.0749. The van der Waals surface area contributed by atoms with Crippen molar-refractivity contribution < 1.29 is 24.2 Å². The van der Waals surface area contributed by atoms with Gasteiger partial charge >= 0.3 is 0 Å². The van der Waals surface area contributed by atoms with Crippen LogP contribution in [-0.4, -0.2) is 72.3 Å². The maximum Gasteiger partial charge on any atom is 0.273 e. The number of nitrogens with zero attached hydrogens (tertiary/aromatic N) is 2. The fraction of sp³-hybridized carbons (Fsp3) is 0.656. The van der Waals surface area contributed by atoms with E-state index in [9.17, 15) is 14.7 Å². The number of hydrogen-bond acceptors (Lipinski definition) is 8. The fourth-order valence-corrected chi connectivity index (χ4v) is 6.83. The van der Waals surface area contributed by atoms with Gasteiger partial charge in [-0.25, -0.2) is 4.98 Å². The first-order valence-corrected chi connectivity index (χ1v) is 16.6. The van der Waals surface area contributed by atoms with Crippen LogP contribution in [0.3, 0.4) is 0 Å². The average Bonchev–Trinajstić information content (AvgIpc) is 3.79. The van der Waals surface area contributed by atoms with Crippen LogP contribution in [0.15, 0.2) is 30.5 Å². The van der Waals surface area contributed by atoms with Crippen LogP contribution >= 0.6 is 11.3 Å². The number of hydrogen-bond donors (Lipinski definition) is 3. The van der Waals surface area contributed by atoms with Crippen LogP contribution in [0, 0.1) is 11.8 Å². The molecule has 232 valence electrons. The van der Waals surface area contributed by atoms with Crippen LogP contribution < -0.4 is 20.5 Å². The molecule has 4 rings (SSSR count). The number of benzene rings is 1. The Balaban J connectivity index is 1.15. The lowest BCUT2D eigenvalue weighted by Gasteiger charge is -2.23. The number of amides is 2. The SMILES string of the molecule is NC(=O)c1ccc(OCCNCC(O)COc2ncc(C(=O)N(CCCC3CCCC3)CCCC3CCCC3)s2)cc1. The lowest BCUT2D eigenvalue weighted by Crippen LogP contribution is -2.33. The molecule has 0 bridgehead atoms. The number of aliphatic hydroxyl groups excluding tert-OH is 1. The molecule has 2 fully saturated rings. The normalized spacial score (nSPS) is 16.5. The molecule has 1 aromatic heterocycles. The molecule has 2 aliphatic rings. The molecule has 1 heterocycles. The van der Waals surface area contributed by atoms with E-state index >= 15 is 0 Å². The highest BCUT2D eigenvalue weighted by molar-refractivity contribution is 7.15. The molecule has 2 saturated carbocycles. The van der Waals surface area contributed by atoms with Gasteiger partial charge < -0.3 is 30.5 Å². The number of thiazole rings is 1. The smallest absolute Gasteiger partial charge is 0.273 e. The fourth-order valence-electron chi connectivity index (χ4n) is 6.09. The molecular formula is C32H48N4O5S. The minimum atomic E-state index is -0.731. The van der Waals surface area contributed by atoms with Gasteiger partial charge in [0.2, 0.25) is 5.91 Å². The van der Waals surface area contributed by atoms with Crippen LogP contribution in [0.1, 0.15) is 97.1 Å². The number of rotatable bonds is 19. The van der Waals surface area contributed by atoms with Gasteiger partial charge in [-0.3, -0.25) is 9.59 Å². The lowest BCUT2D eigenvalue weighted by atomic mass is 10.0. The van der Waals surface area contributed by atoms with Crippen molar-refractivity contribution in [3.05, 3.63) is 40.9 Å². The van der Waals surface area contributed by atoms with E-state index in [-0.39, 0.29) is 12.5 Å². The van der Waals surface area contributed by atoms with Crippen LogP contribution in [0.25, 0.3) is 0 Å². The molecule has 9 nitrogen and oxygen atoms in total. The van der Waals surface area contributed by atoms with Crippen molar-refractivity contribution in [1.82, 2.24) is 15.2 Å². The third kappa shape index (κ3) is 10.9. The maximum atomic E-state index is 13.5. The standard InChI is InChI=1S/C32H48N4O5S/c33-30(38)26-13-15-28(16-14-26)40-20-17-34-21-27(37)23-41-32-35-22-29(42-32)31(39)36(18-5-11-24-7-1-2-8-24)19-6-12-25-9-3-4-10-25/h13-16,22,24-25,27,34,37H,1-12,17-21,23H2,(H2,33,38). The molecule has 1 atom stereocenters. The van der Waals surface area contributed by atoms with E-state index in [1.165, 1.54) is 75.5 Å². The van der Waals surface area contributed by atoms with Crippen LogP contribution in [-0.2, 0) is 0 Å². The summed E-state index contributed by atoms with van der Waals surface area (Å²) in [6.07, 6.45) is 16.2. The summed E-state index contributed by atoms with van der Waals surface area (Å²) in [6.45, 7) is 2.95. The highest BCUT2D eigenvalue weighted by Crippen LogP contribution is 2.30. The molecule has 2 aliphatic carbocycles. The third-order valence-electron chi connectivity index (χ3n) is 8.48. The van der Waals surface area contributed by atoms with Crippen molar-refractivity contribution >= 4 is 23.2 Å². The number of carbonyl (C=O) groups is 2. The van der Waals surface area contributed by atoms with E-state index < -0.39 is 12.0 Å². The second kappa shape index (κ2) is 17.4. The highest BCUT2D eigenvalue weighted by Gasteiger charge is 2.22. The summed E-state index contributed by atoms with van der Waals surface area (Å²) in [7, 11) is 0. The predicted octanol–water partition coefficient (Wildman–Crippen LogP) is 5.03. The zero-order valence-electron chi connectivity index (χ0n) is 24.8. The number of ether oxygens (including phenoxy) is 2. The summed E-state index contributed by atoms with van der Waals surface area (Å²) < 4.78 is 11.3. The molecule has 1 unspecified atom stereocenters. The zero-order valence-corrected chi connectivity index (χ0v) is 25.6. The van der Waals surface area contributed by atoms with Gasteiger partial charge in [0.1, 0.15) is 29.9 Å². The van der Waals surface area contributed by atoms with E-state index in [0.717, 1.165) is 37.8 Å². The van der Waals surface area contributed by atoms with Gasteiger partial charge in [-0.1, -0.05) is 62.7 Å². The Morgan fingerprint density at radius 2 is 1.62 bits per heavy atom. The van der Waals surface area contributed by atoms with Crippen LogP contribution in [0.2, 0.25) is 0 Å². The van der Waals surface area contributed by atoms with Gasteiger partial charge in [0.05, 0.1) is 6.20 Å². The number of aromatic nitrogens is 1. The average molecular weight is 601 g/mol. The maximum absolute atomic E-state index is 13.5. The van der Waals surface area contributed by atoms with E-state index in [1.54, 1.807) is 30.5 Å². The van der Waals surface area contributed by atoms with Crippen molar-refractivity contribution in [2.24, 2.45) is 17.6 Å². The number of carbonyl (C=O) groups excluding carboxylic acids is 2. The Morgan fingerprint density at radius 1 is 1.00 bits per heavy atom. The zero-order chi connectivity index (χ0) is 29.6. The Labute approximate surface area is 254 Å². The summed E-state index contributed by atoms with van der Waals surface area (Å²) in [5.41, 5.74) is 5.68. The number of primary amides is 1. The predicted molar refractivity (Wildman–Crippen MR) is 165 cm³/mol. The molecule has 2 aromatic rings. The summed E-state index contributed by atoms with van der Waals surface area (Å²) in [5, 5.41) is 13.8. The molecule has 0 radical (unpaired) electrons. The van der Waals surface area contributed by atoms with Gasteiger partial charge in [0.25, 0.3) is 11.1 Å². The summed E-state index contributed by atoms with van der Waals surface area (Å²) >= 11 is 1.26. The van der Waals surface area contributed by atoms with Gasteiger partial charge in [0, 0.05) is 31.7 Å². The van der Waals surface area contributed by atoms with Crippen molar-refractivity contribution in [3.8, 4) is 10.9 Å². The van der Waals surface area contributed by atoms with E-state index in [0.29, 0.717) is 41.1 Å². The first-order valence-electron chi connectivity index (χ1n) is 15.8. The monoisotopic (exact) mass is 600 g/mol. The molecule has 4 N–H and O–H groups in total. The quantitative estimate of drug-likeness (QED) is 0.193. The Bertz CT molecular complexity index is 1060. The van der Waals surface area contributed by atoms with Crippen LogP contribution in [0.4, 0.5) is 0 Å². The molecule has 10 heteroatoms. The number of nitrogens with two attached hydrogens (primary N) is 1. The van der Waals surface area contributed by atoms with E-state index in [4.69, 9.17) is 15.2 Å². The Kier molecular flexibility index (Phi) is 13.4. The molecule has 1 aromatic carbocycles. The van der Waals surface area contributed by atoms with Gasteiger partial charge in [0.15, 0.2) is 0 Å². The Morgan fingerprint density at radius 3 is 2.21 bits per heavy atom. The van der Waals surface area contributed by atoms with Crippen molar-refractivity contribution in [3.63, 3.8) is 0 Å². The largest absolute Gasteiger partial charge is 0.492 e. The topological polar surface area (TPSA) is 127 Å². The molecule has 42 heavy (non-hydrogen) atoms. The minimum Gasteiger partial charge on any atom is -0.492 e. The Hall–Kier alpha value is -2.69. The number of aliphatic hydroxyl groups is 1. The van der Waals surface area contributed by atoms with Gasteiger partial charge in [-0.2, -0.15) is 0 Å². The third-order valence-corrected chi connectivity index (χ3v) is 9.38. The van der Waals surface area contributed by atoms with Crippen molar-refractivity contribution in [2.45, 2.75) is 83.2 Å². The summed E-state index contributed by atoms with van der Waals surface area (Å²) in [5.74, 6) is 1.88. The van der Waals surface area contributed by atoms with Crippen molar-refractivity contribution in [2.75, 3.05) is 39.4 Å². The molecule has 2 amide bonds. The molecule has 0 spiro atoms. The molecule has 0 saturated heterocycles. The number of nitrogens with one attached hydrogen (secondary N) is 1. The van der Waals surface area contributed by atoms with E-state index in [1.807, 2.05) is 4.90 Å². The molecule has 0 aliphatic heterocycles.